The van der Waals surface area contributed by atoms with Crippen LogP contribution in [0.5, 0.6) is 0 Å². The summed E-state index contributed by atoms with van der Waals surface area (Å²) in [6, 6.07) is 6.21. The van der Waals surface area contributed by atoms with Crippen LogP contribution >= 0.6 is 0 Å². The molecule has 1 aromatic rings. The molecule has 0 aromatic heterocycles. The Morgan fingerprint density at radius 1 is 1.12 bits per heavy atom. The Morgan fingerprint density at radius 3 is 2.18 bits per heavy atom. The Kier molecular flexibility index (Phi) is 4.05. The van der Waals surface area contributed by atoms with Crippen LogP contribution in [-0.4, -0.2) is 9.76 Å². The monoisotopic (exact) mass is 251 g/mol. The fourth-order valence-electron chi connectivity index (χ4n) is 1.50. The van der Waals surface area contributed by atoms with Crippen molar-refractivity contribution in [2.45, 2.75) is 52.2 Å². The molecule has 0 heterocycles. The van der Waals surface area contributed by atoms with Gasteiger partial charge in [0.05, 0.1) is 5.60 Å². The lowest BCUT2D eigenvalue weighted by Gasteiger charge is -2.30. The van der Waals surface area contributed by atoms with Crippen molar-refractivity contribution in [3.63, 3.8) is 0 Å². The van der Waals surface area contributed by atoms with E-state index in [1.54, 1.807) is 0 Å². The van der Waals surface area contributed by atoms with Crippen molar-refractivity contribution in [2.24, 2.45) is 0 Å². The highest BCUT2D eigenvalue weighted by Gasteiger charge is 2.24. The summed E-state index contributed by atoms with van der Waals surface area (Å²) >= 11 is 0. The molecule has 0 saturated carbocycles. The van der Waals surface area contributed by atoms with Gasteiger partial charge in [-0.05, 0) is 43.0 Å². The summed E-state index contributed by atoms with van der Waals surface area (Å²) in [5.74, 6) is 0. The van der Waals surface area contributed by atoms with E-state index in [-0.39, 0.29) is 5.60 Å². The third-order valence-corrected chi connectivity index (χ3v) is 4.57. The largest absolute Gasteiger partial charge is 0.415 e. The lowest BCUT2D eigenvalue weighted by Crippen LogP contribution is -2.27. The second-order valence-electron chi connectivity index (χ2n) is 6.43. The van der Waals surface area contributed by atoms with Crippen LogP contribution in [0.1, 0.15) is 45.7 Å². The molecule has 0 unspecified atom stereocenters. The van der Waals surface area contributed by atoms with Crippen molar-refractivity contribution in [2.75, 3.05) is 5.73 Å². The molecular weight excluding hydrogens is 226 g/mol. The van der Waals surface area contributed by atoms with E-state index in [1.807, 2.05) is 13.0 Å². The molecule has 96 valence electrons. The lowest BCUT2D eigenvalue weighted by molar-refractivity contribution is 0.109. The van der Waals surface area contributed by atoms with Crippen LogP contribution in [0.25, 0.3) is 0 Å². The fourth-order valence-corrected chi connectivity index (χ4v) is 2.46. The predicted octanol–water partition coefficient (Wildman–Crippen LogP) is 3.13. The highest BCUT2D eigenvalue weighted by molar-refractivity contribution is 6.31. The Labute approximate surface area is 108 Å². The van der Waals surface area contributed by atoms with Crippen molar-refractivity contribution in [3.05, 3.63) is 29.3 Å². The van der Waals surface area contributed by atoms with Gasteiger partial charge in [0.15, 0.2) is 9.76 Å². The van der Waals surface area contributed by atoms with E-state index in [2.05, 4.69) is 46.8 Å². The smallest absolute Gasteiger partial charge is 0.168 e. The molecule has 3 heteroatoms. The van der Waals surface area contributed by atoms with Crippen LogP contribution in [0.4, 0.5) is 5.69 Å². The number of nitrogens with two attached hydrogens (primary N) is 1. The van der Waals surface area contributed by atoms with E-state index in [0.29, 0.717) is 5.04 Å². The van der Waals surface area contributed by atoms with E-state index in [9.17, 15) is 0 Å². The standard InChI is InChI=1S/C14H25NOSi/c1-10-7-8-11(9-12(10)15)14(5,6)16-17-13(2,3)4/h7-9H,15,17H2,1-6H3. The maximum Gasteiger partial charge on any atom is 0.168 e. The molecule has 0 aliphatic carbocycles. The quantitative estimate of drug-likeness (QED) is 0.662. The normalized spacial score (nSPS) is 13.5. The Morgan fingerprint density at radius 2 is 1.71 bits per heavy atom. The van der Waals surface area contributed by atoms with E-state index in [0.717, 1.165) is 16.8 Å². The van der Waals surface area contributed by atoms with Gasteiger partial charge in [0.2, 0.25) is 0 Å². The van der Waals surface area contributed by atoms with Crippen molar-refractivity contribution in [3.8, 4) is 0 Å². The van der Waals surface area contributed by atoms with Gasteiger partial charge in [0.1, 0.15) is 0 Å². The van der Waals surface area contributed by atoms with Gasteiger partial charge >= 0.3 is 0 Å². The van der Waals surface area contributed by atoms with Gasteiger partial charge < -0.3 is 10.2 Å². The van der Waals surface area contributed by atoms with Crippen LogP contribution in [0.2, 0.25) is 5.04 Å². The molecular formula is C14H25NOSi. The molecule has 2 nitrogen and oxygen atoms in total. The second kappa shape index (κ2) is 4.82. The minimum Gasteiger partial charge on any atom is -0.415 e. The molecule has 17 heavy (non-hydrogen) atoms. The van der Waals surface area contributed by atoms with Gasteiger partial charge in [0, 0.05) is 5.69 Å². The summed E-state index contributed by atoms with van der Waals surface area (Å²) in [6.45, 7) is 13.0. The Hall–Kier alpha value is -0.803. The zero-order chi connectivity index (χ0) is 13.3. The highest BCUT2D eigenvalue weighted by Crippen LogP contribution is 2.30. The van der Waals surface area contributed by atoms with E-state index in [4.69, 9.17) is 10.2 Å². The summed E-state index contributed by atoms with van der Waals surface area (Å²) in [6.07, 6.45) is 0. The summed E-state index contributed by atoms with van der Waals surface area (Å²) < 4.78 is 6.16. The Bertz CT molecular complexity index is 394. The second-order valence-corrected chi connectivity index (χ2v) is 9.13. The first-order chi connectivity index (χ1) is 7.62. The predicted molar refractivity (Wildman–Crippen MR) is 78.0 cm³/mol. The summed E-state index contributed by atoms with van der Waals surface area (Å²) in [5.41, 5.74) is 8.85. The zero-order valence-electron chi connectivity index (χ0n) is 11.9. The molecule has 0 atom stereocenters. The lowest BCUT2D eigenvalue weighted by atomic mass is 9.96. The molecule has 1 rings (SSSR count). The number of anilines is 1. The molecule has 0 fully saturated rings. The van der Waals surface area contributed by atoms with Gasteiger partial charge in [-0.3, -0.25) is 0 Å². The summed E-state index contributed by atoms with van der Waals surface area (Å²) in [7, 11) is -0.561. The van der Waals surface area contributed by atoms with Gasteiger partial charge in [-0.2, -0.15) is 0 Å². The summed E-state index contributed by atoms with van der Waals surface area (Å²) in [5, 5.41) is 0.313. The van der Waals surface area contributed by atoms with Crippen LogP contribution in [-0.2, 0) is 10.0 Å². The van der Waals surface area contributed by atoms with Crippen molar-refractivity contribution in [1.82, 2.24) is 0 Å². The van der Waals surface area contributed by atoms with Gasteiger partial charge in [-0.1, -0.05) is 32.9 Å². The van der Waals surface area contributed by atoms with Gasteiger partial charge in [-0.25, -0.2) is 0 Å². The van der Waals surface area contributed by atoms with Crippen LogP contribution < -0.4 is 5.73 Å². The van der Waals surface area contributed by atoms with E-state index in [1.165, 1.54) is 0 Å². The minimum atomic E-state index is -0.561. The van der Waals surface area contributed by atoms with Crippen molar-refractivity contribution in [1.29, 1.82) is 0 Å². The molecule has 1 aromatic carbocycles. The van der Waals surface area contributed by atoms with E-state index >= 15 is 0 Å². The molecule has 0 spiro atoms. The van der Waals surface area contributed by atoms with Crippen LogP contribution in [0.15, 0.2) is 18.2 Å². The third kappa shape index (κ3) is 4.17. The molecule has 0 radical (unpaired) electrons. The summed E-state index contributed by atoms with van der Waals surface area (Å²) in [4.78, 5) is 0. The fraction of sp³-hybridized carbons (Fsp3) is 0.571. The van der Waals surface area contributed by atoms with Crippen molar-refractivity contribution >= 4 is 15.5 Å². The van der Waals surface area contributed by atoms with E-state index < -0.39 is 9.76 Å². The number of hydrogen-bond acceptors (Lipinski definition) is 2. The maximum absolute atomic E-state index is 6.16. The molecule has 0 saturated heterocycles. The van der Waals surface area contributed by atoms with Crippen molar-refractivity contribution < 1.29 is 4.43 Å². The number of benzene rings is 1. The minimum absolute atomic E-state index is 0.235. The number of nitrogen functional groups attached to an aromatic ring is 1. The molecule has 2 N–H and O–H groups in total. The average molecular weight is 251 g/mol. The molecule has 0 aliphatic heterocycles. The first-order valence-electron chi connectivity index (χ1n) is 6.12. The topological polar surface area (TPSA) is 35.2 Å². The first kappa shape index (κ1) is 14.3. The number of aryl methyl sites for hydroxylation is 1. The van der Waals surface area contributed by atoms with Crippen LogP contribution in [0, 0.1) is 6.92 Å². The van der Waals surface area contributed by atoms with Crippen LogP contribution in [0.3, 0.4) is 0 Å². The molecule has 0 bridgehead atoms. The first-order valence-corrected chi connectivity index (χ1v) is 7.41. The Balaban J connectivity index is 2.85. The molecule has 0 amide bonds. The molecule has 0 aliphatic rings. The van der Waals surface area contributed by atoms with Gasteiger partial charge in [0.25, 0.3) is 0 Å². The number of hydrogen-bond donors (Lipinski definition) is 1. The van der Waals surface area contributed by atoms with Gasteiger partial charge in [-0.15, -0.1) is 0 Å². The SMILES string of the molecule is Cc1ccc(C(C)(C)O[SiH2]C(C)(C)C)cc1N. The highest BCUT2D eigenvalue weighted by atomic mass is 28.2. The maximum atomic E-state index is 6.16. The third-order valence-electron chi connectivity index (χ3n) is 2.84. The number of rotatable bonds is 3. The zero-order valence-corrected chi connectivity index (χ0v) is 13.3. The average Bonchev–Trinajstić information content (AvgIpc) is 2.18.